The van der Waals surface area contributed by atoms with Crippen molar-refractivity contribution >= 4 is 10.0 Å². The third-order valence-electron chi connectivity index (χ3n) is 2.49. The summed E-state index contributed by atoms with van der Waals surface area (Å²) < 4.78 is 21.2. The molecule has 0 amide bonds. The quantitative estimate of drug-likeness (QED) is 0.547. The molecule has 98 valence electrons. The number of rotatable bonds is 11. The number of nitrogens with one attached hydrogen (secondary N) is 1. The van der Waals surface area contributed by atoms with Crippen molar-refractivity contribution in [2.75, 3.05) is 18.8 Å². The highest BCUT2D eigenvalue weighted by Gasteiger charge is 2.00. The summed E-state index contributed by atoms with van der Waals surface area (Å²) >= 11 is 0. The summed E-state index contributed by atoms with van der Waals surface area (Å²) in [4.78, 5) is 0. The van der Waals surface area contributed by atoms with Gasteiger partial charge in [0.25, 0.3) is 0 Å². The minimum Gasteiger partial charge on any atom is -0.317 e. The third-order valence-corrected chi connectivity index (χ3v) is 3.35. The van der Waals surface area contributed by atoms with Gasteiger partial charge in [-0.2, -0.15) is 0 Å². The highest BCUT2D eigenvalue weighted by Crippen LogP contribution is 2.03. The first-order chi connectivity index (χ1) is 7.56. The number of sulfonamides is 1. The fraction of sp³-hybridized carbons (Fsp3) is 1.00. The van der Waals surface area contributed by atoms with Crippen LogP contribution in [0.25, 0.3) is 0 Å². The van der Waals surface area contributed by atoms with Gasteiger partial charge in [-0.3, -0.25) is 0 Å². The Bertz CT molecular complexity index is 240. The first-order valence-corrected chi connectivity index (χ1v) is 7.99. The standard InChI is InChI=1S/C11H26N2O2S/c1-2-3-4-5-6-7-9-13-10-8-11-16(12,14)15/h13H,2-11H2,1H3,(H2,12,14,15). The van der Waals surface area contributed by atoms with Gasteiger partial charge in [0.2, 0.25) is 10.0 Å². The Morgan fingerprint density at radius 2 is 1.50 bits per heavy atom. The first-order valence-electron chi connectivity index (χ1n) is 6.27. The molecule has 0 saturated carbocycles. The number of unbranched alkanes of at least 4 members (excludes halogenated alkanes) is 5. The van der Waals surface area contributed by atoms with Crippen LogP contribution in [0.3, 0.4) is 0 Å². The predicted molar refractivity (Wildman–Crippen MR) is 68.8 cm³/mol. The summed E-state index contributed by atoms with van der Waals surface area (Å²) in [7, 11) is -3.27. The lowest BCUT2D eigenvalue weighted by molar-refractivity contribution is 0.565. The Kier molecular flexibility index (Phi) is 9.97. The van der Waals surface area contributed by atoms with Gasteiger partial charge in [0.05, 0.1) is 5.75 Å². The summed E-state index contributed by atoms with van der Waals surface area (Å²) in [6.07, 6.45) is 8.32. The molecule has 0 bridgehead atoms. The molecule has 0 aliphatic heterocycles. The molecule has 0 saturated heterocycles. The Morgan fingerprint density at radius 1 is 0.938 bits per heavy atom. The molecule has 0 aliphatic carbocycles. The van der Waals surface area contributed by atoms with Gasteiger partial charge < -0.3 is 5.32 Å². The van der Waals surface area contributed by atoms with E-state index >= 15 is 0 Å². The average Bonchev–Trinajstić information content (AvgIpc) is 2.19. The molecule has 0 aliphatic rings. The number of nitrogens with two attached hydrogens (primary N) is 1. The molecular formula is C11H26N2O2S. The lowest BCUT2D eigenvalue weighted by Gasteiger charge is -2.04. The topological polar surface area (TPSA) is 72.2 Å². The van der Waals surface area contributed by atoms with Gasteiger partial charge in [0, 0.05) is 0 Å². The molecule has 5 heteroatoms. The smallest absolute Gasteiger partial charge is 0.209 e. The van der Waals surface area contributed by atoms with Crippen LogP contribution in [0.2, 0.25) is 0 Å². The van der Waals surface area contributed by atoms with Crippen molar-refractivity contribution in [1.82, 2.24) is 5.32 Å². The maximum absolute atomic E-state index is 10.6. The van der Waals surface area contributed by atoms with Gasteiger partial charge in [-0.25, -0.2) is 13.6 Å². The summed E-state index contributed by atoms with van der Waals surface area (Å²) in [6.45, 7) is 3.94. The fourth-order valence-corrected chi connectivity index (χ4v) is 2.10. The van der Waals surface area contributed by atoms with Crippen LogP contribution < -0.4 is 10.5 Å². The number of primary sulfonamides is 1. The lowest BCUT2D eigenvalue weighted by atomic mass is 10.1. The van der Waals surface area contributed by atoms with Crippen molar-refractivity contribution in [3.63, 3.8) is 0 Å². The van der Waals surface area contributed by atoms with E-state index in [1.165, 1.54) is 38.5 Å². The fourth-order valence-electron chi connectivity index (χ4n) is 1.55. The zero-order chi connectivity index (χ0) is 12.3. The Labute approximate surface area is 100 Å². The van der Waals surface area contributed by atoms with E-state index < -0.39 is 10.0 Å². The van der Waals surface area contributed by atoms with Crippen molar-refractivity contribution in [2.45, 2.75) is 51.9 Å². The predicted octanol–water partition coefficient (Wildman–Crippen LogP) is 1.62. The molecule has 0 spiro atoms. The Balaban J connectivity index is 3.05. The average molecular weight is 250 g/mol. The molecule has 0 rings (SSSR count). The summed E-state index contributed by atoms with van der Waals surface area (Å²) in [6, 6.07) is 0. The zero-order valence-corrected chi connectivity index (χ0v) is 11.2. The van der Waals surface area contributed by atoms with E-state index in [9.17, 15) is 8.42 Å². The van der Waals surface area contributed by atoms with Crippen LogP contribution in [-0.2, 0) is 10.0 Å². The van der Waals surface area contributed by atoms with E-state index in [1.54, 1.807) is 0 Å². The molecule has 4 nitrogen and oxygen atoms in total. The van der Waals surface area contributed by atoms with E-state index in [1.807, 2.05) is 0 Å². The molecule has 0 aromatic carbocycles. The van der Waals surface area contributed by atoms with Crippen molar-refractivity contribution in [2.24, 2.45) is 5.14 Å². The van der Waals surface area contributed by atoms with E-state index in [2.05, 4.69) is 12.2 Å². The molecule has 0 aromatic rings. The van der Waals surface area contributed by atoms with Crippen molar-refractivity contribution in [3.8, 4) is 0 Å². The summed E-state index contributed by atoms with van der Waals surface area (Å²) in [5.41, 5.74) is 0. The first kappa shape index (κ1) is 15.9. The highest BCUT2D eigenvalue weighted by molar-refractivity contribution is 7.89. The van der Waals surface area contributed by atoms with Gasteiger partial charge >= 0.3 is 0 Å². The largest absolute Gasteiger partial charge is 0.317 e. The van der Waals surface area contributed by atoms with Crippen LogP contribution in [0.1, 0.15) is 51.9 Å². The van der Waals surface area contributed by atoms with Gasteiger partial charge in [0.15, 0.2) is 0 Å². The SMILES string of the molecule is CCCCCCCCNCCCS(N)(=O)=O. The van der Waals surface area contributed by atoms with Crippen LogP contribution in [0.15, 0.2) is 0 Å². The van der Waals surface area contributed by atoms with E-state index in [-0.39, 0.29) is 5.75 Å². The molecule has 0 fully saturated rings. The van der Waals surface area contributed by atoms with Crippen LogP contribution in [0, 0.1) is 0 Å². The summed E-state index contributed by atoms with van der Waals surface area (Å²) in [5.74, 6) is 0.0799. The van der Waals surface area contributed by atoms with E-state index in [4.69, 9.17) is 5.14 Å². The van der Waals surface area contributed by atoms with Crippen molar-refractivity contribution in [3.05, 3.63) is 0 Å². The molecule has 0 heterocycles. The minimum atomic E-state index is -3.27. The molecule has 0 aromatic heterocycles. The van der Waals surface area contributed by atoms with Crippen LogP contribution in [0.4, 0.5) is 0 Å². The van der Waals surface area contributed by atoms with Gasteiger partial charge in [-0.05, 0) is 25.9 Å². The number of hydrogen-bond acceptors (Lipinski definition) is 3. The maximum atomic E-state index is 10.6. The maximum Gasteiger partial charge on any atom is 0.209 e. The van der Waals surface area contributed by atoms with Crippen LogP contribution in [-0.4, -0.2) is 27.3 Å². The lowest BCUT2D eigenvalue weighted by Crippen LogP contribution is -2.22. The second-order valence-electron chi connectivity index (χ2n) is 4.24. The molecule has 16 heavy (non-hydrogen) atoms. The van der Waals surface area contributed by atoms with Gasteiger partial charge in [0.1, 0.15) is 0 Å². The Hall–Kier alpha value is -0.130. The highest BCUT2D eigenvalue weighted by atomic mass is 32.2. The minimum absolute atomic E-state index is 0.0799. The summed E-state index contributed by atoms with van der Waals surface area (Å²) in [5, 5.41) is 8.12. The van der Waals surface area contributed by atoms with Gasteiger partial charge in [-0.1, -0.05) is 39.0 Å². The number of hydrogen-bond donors (Lipinski definition) is 2. The van der Waals surface area contributed by atoms with Crippen LogP contribution >= 0.6 is 0 Å². The molecule has 0 radical (unpaired) electrons. The van der Waals surface area contributed by atoms with E-state index in [0.717, 1.165) is 13.1 Å². The molecule has 3 N–H and O–H groups in total. The van der Waals surface area contributed by atoms with E-state index in [0.29, 0.717) is 6.42 Å². The zero-order valence-electron chi connectivity index (χ0n) is 10.4. The van der Waals surface area contributed by atoms with Crippen molar-refractivity contribution in [1.29, 1.82) is 0 Å². The molecular weight excluding hydrogens is 224 g/mol. The molecule has 0 unspecified atom stereocenters. The second-order valence-corrected chi connectivity index (χ2v) is 5.97. The third kappa shape index (κ3) is 13.9. The normalized spacial score (nSPS) is 11.9. The van der Waals surface area contributed by atoms with Gasteiger partial charge in [-0.15, -0.1) is 0 Å². The monoisotopic (exact) mass is 250 g/mol. The second kappa shape index (κ2) is 10.1. The Morgan fingerprint density at radius 3 is 2.12 bits per heavy atom. The van der Waals surface area contributed by atoms with Crippen molar-refractivity contribution < 1.29 is 8.42 Å². The molecule has 0 atom stereocenters. The van der Waals surface area contributed by atoms with Crippen LogP contribution in [0.5, 0.6) is 0 Å².